The van der Waals surface area contributed by atoms with Gasteiger partial charge < -0.3 is 5.11 Å². The van der Waals surface area contributed by atoms with Gasteiger partial charge in [0.25, 0.3) is 11.8 Å². The van der Waals surface area contributed by atoms with Crippen molar-refractivity contribution in [3.05, 3.63) is 62.8 Å². The van der Waals surface area contributed by atoms with E-state index in [2.05, 4.69) is 21.2 Å². The smallest absolute Gasteiger partial charge is 0.270 e. The molecule has 0 bridgehead atoms. The fourth-order valence-electron chi connectivity index (χ4n) is 2.36. The van der Waals surface area contributed by atoms with Gasteiger partial charge in [-0.3, -0.25) is 14.9 Å². The number of hydrogen-bond donors (Lipinski definition) is 2. The molecule has 2 aromatic carbocycles. The standard InChI is InChI=1S/C17H9BrClFN2O3S/c18-9-5-8(14(23)11(19)7-9)6-10-15(24)21-17(26)22(16(10)25)13-4-2-1-3-12(13)20/h1-7,23H,(H,21,24,26)/b10-6-. The number of thiocarbonyl (C=S) groups is 1. The van der Waals surface area contributed by atoms with Gasteiger partial charge in [-0.05, 0) is 42.6 Å². The minimum Gasteiger partial charge on any atom is -0.506 e. The maximum atomic E-state index is 14.1. The lowest BCUT2D eigenvalue weighted by Gasteiger charge is -2.29. The summed E-state index contributed by atoms with van der Waals surface area (Å²) in [4.78, 5) is 25.9. The highest BCUT2D eigenvalue weighted by Crippen LogP contribution is 2.33. The normalized spacial score (nSPS) is 16.2. The van der Waals surface area contributed by atoms with Crippen molar-refractivity contribution >= 4 is 68.4 Å². The van der Waals surface area contributed by atoms with Gasteiger partial charge in [-0.15, -0.1) is 0 Å². The van der Waals surface area contributed by atoms with Crippen molar-refractivity contribution in [2.45, 2.75) is 0 Å². The second-order valence-corrected chi connectivity index (χ2v) is 6.94. The number of aromatic hydroxyl groups is 1. The number of carbonyl (C=O) groups excluding carboxylic acids is 2. The summed E-state index contributed by atoms with van der Waals surface area (Å²) in [7, 11) is 0. The Hall–Kier alpha value is -2.29. The molecular weight excluding hydrogens is 447 g/mol. The third-order valence-electron chi connectivity index (χ3n) is 3.55. The summed E-state index contributed by atoms with van der Waals surface area (Å²) in [5, 5.41) is 12.2. The van der Waals surface area contributed by atoms with Crippen LogP contribution < -0.4 is 10.2 Å². The number of phenols is 1. The highest BCUT2D eigenvalue weighted by atomic mass is 79.9. The first kappa shape index (κ1) is 18.5. The molecule has 3 rings (SSSR count). The van der Waals surface area contributed by atoms with Crippen LogP contribution in [0.2, 0.25) is 5.02 Å². The zero-order valence-corrected chi connectivity index (χ0v) is 16.0. The van der Waals surface area contributed by atoms with Gasteiger partial charge in [-0.1, -0.05) is 39.7 Å². The zero-order valence-electron chi connectivity index (χ0n) is 12.8. The Bertz CT molecular complexity index is 996. The van der Waals surface area contributed by atoms with E-state index in [1.165, 1.54) is 42.5 Å². The Morgan fingerprint density at radius 2 is 1.96 bits per heavy atom. The number of para-hydroxylation sites is 1. The topological polar surface area (TPSA) is 69.6 Å². The second kappa shape index (κ2) is 7.14. The number of benzene rings is 2. The van der Waals surface area contributed by atoms with Crippen LogP contribution in [0.25, 0.3) is 6.08 Å². The Labute approximate surface area is 166 Å². The van der Waals surface area contributed by atoms with E-state index in [0.717, 1.165) is 4.90 Å². The van der Waals surface area contributed by atoms with Crippen molar-refractivity contribution < 1.29 is 19.1 Å². The lowest BCUT2D eigenvalue weighted by atomic mass is 10.1. The average Bonchev–Trinajstić information content (AvgIpc) is 2.57. The molecular formula is C17H9BrClFN2O3S. The van der Waals surface area contributed by atoms with E-state index < -0.39 is 17.6 Å². The first-order valence-electron chi connectivity index (χ1n) is 7.13. The van der Waals surface area contributed by atoms with Crippen LogP contribution in [0.5, 0.6) is 5.75 Å². The van der Waals surface area contributed by atoms with Gasteiger partial charge in [0.2, 0.25) is 0 Å². The van der Waals surface area contributed by atoms with Gasteiger partial charge in [0, 0.05) is 10.0 Å². The van der Waals surface area contributed by atoms with Crippen molar-refractivity contribution in [3.8, 4) is 5.75 Å². The highest BCUT2D eigenvalue weighted by Gasteiger charge is 2.35. The highest BCUT2D eigenvalue weighted by molar-refractivity contribution is 9.10. The third-order valence-corrected chi connectivity index (χ3v) is 4.58. The summed E-state index contributed by atoms with van der Waals surface area (Å²) in [5.74, 6) is -2.55. The van der Waals surface area contributed by atoms with E-state index in [4.69, 9.17) is 23.8 Å². The molecule has 0 saturated carbocycles. The van der Waals surface area contributed by atoms with E-state index in [1.807, 2.05) is 0 Å². The Balaban J connectivity index is 2.11. The van der Waals surface area contributed by atoms with E-state index in [9.17, 15) is 19.1 Å². The molecule has 1 saturated heterocycles. The molecule has 2 amide bonds. The van der Waals surface area contributed by atoms with Gasteiger partial charge in [-0.25, -0.2) is 9.29 Å². The van der Waals surface area contributed by atoms with Crippen LogP contribution in [0.1, 0.15) is 5.56 Å². The maximum Gasteiger partial charge on any atom is 0.270 e. The SMILES string of the molecule is O=C1NC(=S)N(c2ccccc2F)C(=O)/C1=C\c1cc(Br)cc(Cl)c1O. The molecule has 1 fully saturated rings. The van der Waals surface area contributed by atoms with Gasteiger partial charge >= 0.3 is 0 Å². The van der Waals surface area contributed by atoms with Crippen molar-refractivity contribution in [1.29, 1.82) is 0 Å². The second-order valence-electron chi connectivity index (χ2n) is 5.23. The first-order chi connectivity index (χ1) is 12.3. The molecule has 2 aromatic rings. The fourth-order valence-corrected chi connectivity index (χ4v) is 3.47. The third kappa shape index (κ3) is 3.35. The summed E-state index contributed by atoms with van der Waals surface area (Å²) in [6.07, 6.45) is 1.17. The monoisotopic (exact) mass is 454 g/mol. The van der Waals surface area contributed by atoms with Gasteiger partial charge in [0.05, 0.1) is 10.7 Å². The summed E-state index contributed by atoms with van der Waals surface area (Å²) in [6.45, 7) is 0. The first-order valence-corrected chi connectivity index (χ1v) is 8.71. The summed E-state index contributed by atoms with van der Waals surface area (Å²) in [6, 6.07) is 8.48. The molecule has 5 nitrogen and oxygen atoms in total. The largest absolute Gasteiger partial charge is 0.506 e. The number of carbonyl (C=O) groups is 2. The van der Waals surface area contributed by atoms with Gasteiger partial charge in [0.1, 0.15) is 17.1 Å². The van der Waals surface area contributed by atoms with Crippen LogP contribution in [0.3, 0.4) is 0 Å². The molecule has 0 aliphatic carbocycles. The predicted molar refractivity (Wildman–Crippen MR) is 103 cm³/mol. The quantitative estimate of drug-likeness (QED) is 0.411. The van der Waals surface area contributed by atoms with Gasteiger partial charge in [0.15, 0.2) is 5.11 Å². The lowest BCUT2D eigenvalue weighted by Crippen LogP contribution is -2.54. The Kier molecular flexibility index (Phi) is 5.08. The number of phenolic OH excluding ortho intramolecular Hbond substituents is 1. The predicted octanol–water partition coefficient (Wildman–Crippen LogP) is 3.78. The molecule has 0 radical (unpaired) electrons. The molecule has 0 atom stereocenters. The molecule has 9 heteroatoms. The van der Waals surface area contributed by atoms with Crippen LogP contribution >= 0.6 is 39.7 Å². The van der Waals surface area contributed by atoms with Crippen LogP contribution in [-0.4, -0.2) is 22.0 Å². The minimum absolute atomic E-state index is 0.0383. The van der Waals surface area contributed by atoms with E-state index >= 15 is 0 Å². The van der Waals surface area contributed by atoms with Crippen LogP contribution in [0.15, 0.2) is 46.4 Å². The summed E-state index contributed by atoms with van der Waals surface area (Å²) >= 11 is 14.1. The molecule has 26 heavy (non-hydrogen) atoms. The molecule has 0 spiro atoms. The van der Waals surface area contributed by atoms with Crippen molar-refractivity contribution in [1.82, 2.24) is 5.32 Å². The molecule has 1 aliphatic rings. The van der Waals surface area contributed by atoms with Crippen LogP contribution in [0.4, 0.5) is 10.1 Å². The number of hydrogen-bond acceptors (Lipinski definition) is 4. The number of amides is 2. The number of rotatable bonds is 2. The van der Waals surface area contributed by atoms with Crippen molar-refractivity contribution in [2.24, 2.45) is 0 Å². The van der Waals surface area contributed by atoms with Gasteiger partial charge in [-0.2, -0.15) is 0 Å². The van der Waals surface area contributed by atoms with Crippen LogP contribution in [-0.2, 0) is 9.59 Å². The Morgan fingerprint density at radius 1 is 1.27 bits per heavy atom. The molecule has 0 aromatic heterocycles. The number of anilines is 1. The lowest BCUT2D eigenvalue weighted by molar-refractivity contribution is -0.122. The maximum absolute atomic E-state index is 14.1. The Morgan fingerprint density at radius 3 is 2.65 bits per heavy atom. The van der Waals surface area contributed by atoms with E-state index in [-0.39, 0.29) is 32.7 Å². The number of nitrogens with zero attached hydrogens (tertiary/aromatic N) is 1. The van der Waals surface area contributed by atoms with E-state index in [0.29, 0.717) is 4.47 Å². The average molecular weight is 456 g/mol. The number of halogens is 3. The number of nitrogens with one attached hydrogen (secondary N) is 1. The summed E-state index contributed by atoms with van der Waals surface area (Å²) in [5.41, 5.74) is -0.277. The molecule has 132 valence electrons. The van der Waals surface area contributed by atoms with Crippen molar-refractivity contribution in [2.75, 3.05) is 4.90 Å². The van der Waals surface area contributed by atoms with Crippen LogP contribution in [0, 0.1) is 5.82 Å². The molecule has 0 unspecified atom stereocenters. The molecule has 1 heterocycles. The fraction of sp³-hybridized carbons (Fsp3) is 0. The van der Waals surface area contributed by atoms with Crippen molar-refractivity contribution in [3.63, 3.8) is 0 Å². The molecule has 2 N–H and O–H groups in total. The summed E-state index contributed by atoms with van der Waals surface area (Å²) < 4.78 is 14.6. The van der Waals surface area contributed by atoms with E-state index in [1.54, 1.807) is 0 Å². The zero-order chi connectivity index (χ0) is 19.0. The minimum atomic E-state index is -0.820. The molecule has 1 aliphatic heterocycles.